The molecule has 3 nitrogen and oxygen atoms in total. The van der Waals surface area contributed by atoms with E-state index in [1.807, 2.05) is 0 Å². The number of nitrogens with zero attached hydrogens (tertiary/aromatic N) is 1. The van der Waals surface area contributed by atoms with Crippen LogP contribution in [0.4, 0.5) is 5.69 Å². The Labute approximate surface area is 138 Å². The van der Waals surface area contributed by atoms with E-state index in [4.69, 9.17) is 40.5 Å². The van der Waals surface area contributed by atoms with Crippen molar-refractivity contribution in [3.63, 3.8) is 0 Å². The monoisotopic (exact) mass is 342 g/mol. The van der Waals surface area contributed by atoms with Gasteiger partial charge in [-0.15, -0.1) is 0 Å². The van der Waals surface area contributed by atoms with Crippen LogP contribution in [0.2, 0.25) is 15.1 Å². The fraction of sp³-hybridized carbons (Fsp3) is 0.133. The van der Waals surface area contributed by atoms with Gasteiger partial charge in [-0.05, 0) is 42.5 Å². The number of carbonyl (C=O) groups is 1. The van der Waals surface area contributed by atoms with Crippen LogP contribution in [0.1, 0.15) is 10.4 Å². The maximum absolute atomic E-state index is 12.7. The minimum Gasteiger partial charge on any atom is -0.329 e. The molecular formula is C15H13Cl3N2O. The van der Waals surface area contributed by atoms with Crippen LogP contribution in [0.3, 0.4) is 0 Å². The molecule has 0 aliphatic heterocycles. The Balaban J connectivity index is 2.37. The zero-order valence-electron chi connectivity index (χ0n) is 11.0. The van der Waals surface area contributed by atoms with Crippen LogP contribution in [0.15, 0.2) is 42.5 Å². The number of anilines is 1. The third kappa shape index (κ3) is 3.89. The summed E-state index contributed by atoms with van der Waals surface area (Å²) in [5, 5.41) is 1.39. The van der Waals surface area contributed by atoms with Crippen LogP contribution < -0.4 is 10.6 Å². The van der Waals surface area contributed by atoms with Crippen LogP contribution in [0.25, 0.3) is 0 Å². The summed E-state index contributed by atoms with van der Waals surface area (Å²) in [6, 6.07) is 11.7. The Morgan fingerprint density at radius 2 is 1.62 bits per heavy atom. The van der Waals surface area contributed by atoms with E-state index in [1.54, 1.807) is 47.4 Å². The first-order valence-electron chi connectivity index (χ1n) is 6.25. The molecule has 0 spiro atoms. The van der Waals surface area contributed by atoms with E-state index in [-0.39, 0.29) is 5.91 Å². The zero-order chi connectivity index (χ0) is 15.4. The van der Waals surface area contributed by atoms with Crippen molar-refractivity contribution in [1.82, 2.24) is 0 Å². The summed E-state index contributed by atoms with van der Waals surface area (Å²) in [4.78, 5) is 14.2. The first kappa shape index (κ1) is 16.1. The fourth-order valence-corrected chi connectivity index (χ4v) is 2.52. The van der Waals surface area contributed by atoms with Gasteiger partial charge in [-0.3, -0.25) is 4.79 Å². The molecule has 0 aliphatic rings. The molecule has 2 aromatic carbocycles. The largest absolute Gasteiger partial charge is 0.329 e. The molecule has 110 valence electrons. The molecule has 1 amide bonds. The molecule has 21 heavy (non-hydrogen) atoms. The molecular weight excluding hydrogens is 331 g/mol. The topological polar surface area (TPSA) is 46.3 Å². The summed E-state index contributed by atoms with van der Waals surface area (Å²) in [6.07, 6.45) is 0. The van der Waals surface area contributed by atoms with E-state index in [0.29, 0.717) is 39.4 Å². The molecule has 2 rings (SSSR count). The second kappa shape index (κ2) is 7.14. The van der Waals surface area contributed by atoms with Crippen LogP contribution in [0, 0.1) is 0 Å². The third-order valence-corrected chi connectivity index (χ3v) is 3.70. The summed E-state index contributed by atoms with van der Waals surface area (Å²) >= 11 is 17.8. The van der Waals surface area contributed by atoms with Gasteiger partial charge in [0.2, 0.25) is 0 Å². The van der Waals surface area contributed by atoms with Crippen LogP contribution in [-0.2, 0) is 0 Å². The smallest absolute Gasteiger partial charge is 0.259 e. The number of benzene rings is 2. The molecule has 0 fully saturated rings. The summed E-state index contributed by atoms with van der Waals surface area (Å²) in [5.74, 6) is -0.232. The van der Waals surface area contributed by atoms with E-state index in [9.17, 15) is 4.79 Å². The first-order chi connectivity index (χ1) is 10.0. The van der Waals surface area contributed by atoms with E-state index >= 15 is 0 Å². The Hall–Kier alpha value is -1.26. The van der Waals surface area contributed by atoms with Crippen molar-refractivity contribution < 1.29 is 4.79 Å². The standard InChI is InChI=1S/C15H13Cl3N2O/c16-10-1-4-12(5-2-10)20(8-7-19)15(21)13-6-3-11(17)9-14(13)18/h1-6,9H,7-8,19H2. The fourth-order valence-electron chi connectivity index (χ4n) is 1.91. The molecule has 0 heterocycles. The van der Waals surface area contributed by atoms with Crippen LogP contribution in [-0.4, -0.2) is 19.0 Å². The van der Waals surface area contributed by atoms with Crippen molar-refractivity contribution >= 4 is 46.4 Å². The second-order valence-corrected chi connectivity index (χ2v) is 5.63. The third-order valence-electron chi connectivity index (χ3n) is 2.90. The SMILES string of the molecule is NCCN(C(=O)c1ccc(Cl)cc1Cl)c1ccc(Cl)cc1. The number of halogens is 3. The van der Waals surface area contributed by atoms with E-state index < -0.39 is 0 Å². The van der Waals surface area contributed by atoms with Gasteiger partial charge in [-0.25, -0.2) is 0 Å². The number of amides is 1. The molecule has 0 saturated heterocycles. The number of rotatable bonds is 4. The molecule has 0 aliphatic carbocycles. The minimum absolute atomic E-state index is 0.232. The van der Waals surface area contributed by atoms with Gasteiger partial charge < -0.3 is 10.6 Å². The lowest BCUT2D eigenvalue weighted by Gasteiger charge is -2.23. The predicted octanol–water partition coefficient (Wildman–Crippen LogP) is 4.25. The second-order valence-electron chi connectivity index (χ2n) is 4.35. The summed E-state index contributed by atoms with van der Waals surface area (Å²) in [5.41, 5.74) is 6.69. The molecule has 6 heteroatoms. The summed E-state index contributed by atoms with van der Waals surface area (Å²) in [7, 11) is 0. The molecule has 0 saturated carbocycles. The lowest BCUT2D eigenvalue weighted by Crippen LogP contribution is -2.35. The van der Waals surface area contributed by atoms with Crippen molar-refractivity contribution in [2.24, 2.45) is 5.73 Å². The Morgan fingerprint density at radius 1 is 1.00 bits per heavy atom. The predicted molar refractivity (Wildman–Crippen MR) is 88.6 cm³/mol. The minimum atomic E-state index is -0.232. The van der Waals surface area contributed by atoms with Crippen molar-refractivity contribution in [3.05, 3.63) is 63.1 Å². The lowest BCUT2D eigenvalue weighted by atomic mass is 10.1. The zero-order valence-corrected chi connectivity index (χ0v) is 13.3. The number of hydrogen-bond acceptors (Lipinski definition) is 2. The van der Waals surface area contributed by atoms with E-state index in [0.717, 1.165) is 0 Å². The number of carbonyl (C=O) groups excluding carboxylic acids is 1. The van der Waals surface area contributed by atoms with Gasteiger partial charge in [0, 0.05) is 28.8 Å². The Bertz CT molecular complexity index is 644. The molecule has 0 aromatic heterocycles. The Morgan fingerprint density at radius 3 is 2.19 bits per heavy atom. The van der Waals surface area contributed by atoms with Crippen LogP contribution >= 0.6 is 34.8 Å². The molecule has 0 radical (unpaired) electrons. The van der Waals surface area contributed by atoms with Crippen LogP contribution in [0.5, 0.6) is 0 Å². The first-order valence-corrected chi connectivity index (χ1v) is 7.39. The van der Waals surface area contributed by atoms with Crippen molar-refractivity contribution in [3.8, 4) is 0 Å². The van der Waals surface area contributed by atoms with E-state index in [2.05, 4.69) is 0 Å². The van der Waals surface area contributed by atoms with Crippen molar-refractivity contribution in [2.45, 2.75) is 0 Å². The molecule has 0 bridgehead atoms. The molecule has 2 aromatic rings. The van der Waals surface area contributed by atoms with Gasteiger partial charge in [0.25, 0.3) is 5.91 Å². The van der Waals surface area contributed by atoms with Crippen molar-refractivity contribution in [2.75, 3.05) is 18.0 Å². The highest BCUT2D eigenvalue weighted by Gasteiger charge is 2.19. The van der Waals surface area contributed by atoms with Gasteiger partial charge in [0.05, 0.1) is 10.6 Å². The Kier molecular flexibility index (Phi) is 5.48. The molecule has 0 unspecified atom stereocenters. The highest BCUT2D eigenvalue weighted by atomic mass is 35.5. The van der Waals surface area contributed by atoms with Gasteiger partial charge in [0.1, 0.15) is 0 Å². The highest BCUT2D eigenvalue weighted by Crippen LogP contribution is 2.25. The van der Waals surface area contributed by atoms with Gasteiger partial charge in [-0.2, -0.15) is 0 Å². The quantitative estimate of drug-likeness (QED) is 0.902. The molecule has 2 N–H and O–H groups in total. The van der Waals surface area contributed by atoms with Crippen molar-refractivity contribution in [1.29, 1.82) is 0 Å². The normalized spacial score (nSPS) is 10.5. The van der Waals surface area contributed by atoms with E-state index in [1.165, 1.54) is 0 Å². The number of nitrogens with two attached hydrogens (primary N) is 1. The van der Waals surface area contributed by atoms with Gasteiger partial charge in [0.15, 0.2) is 0 Å². The highest BCUT2D eigenvalue weighted by molar-refractivity contribution is 6.37. The average Bonchev–Trinajstić information content (AvgIpc) is 2.45. The maximum Gasteiger partial charge on any atom is 0.259 e. The lowest BCUT2D eigenvalue weighted by molar-refractivity contribution is 0.0988. The summed E-state index contributed by atoms with van der Waals surface area (Å²) < 4.78 is 0. The number of hydrogen-bond donors (Lipinski definition) is 1. The molecule has 0 atom stereocenters. The van der Waals surface area contributed by atoms with Gasteiger partial charge in [-0.1, -0.05) is 34.8 Å². The van der Waals surface area contributed by atoms with Gasteiger partial charge >= 0.3 is 0 Å². The summed E-state index contributed by atoms with van der Waals surface area (Å²) in [6.45, 7) is 0.707. The average molecular weight is 344 g/mol. The maximum atomic E-state index is 12.7.